The van der Waals surface area contributed by atoms with Crippen molar-refractivity contribution < 1.29 is 9.59 Å². The second kappa shape index (κ2) is 8.92. The summed E-state index contributed by atoms with van der Waals surface area (Å²) in [6.45, 7) is 3.66. The van der Waals surface area contributed by atoms with E-state index in [4.69, 9.17) is 0 Å². The molecule has 0 aliphatic heterocycles. The van der Waals surface area contributed by atoms with Crippen LogP contribution in [0.3, 0.4) is 0 Å². The minimum absolute atomic E-state index is 0.0130. The van der Waals surface area contributed by atoms with Crippen molar-refractivity contribution >= 4 is 11.6 Å². The Bertz CT molecular complexity index is 173. The molecule has 0 rings (SSSR count). The van der Waals surface area contributed by atoms with Crippen molar-refractivity contribution in [3.05, 3.63) is 0 Å². The molecule has 0 heterocycles. The summed E-state index contributed by atoms with van der Waals surface area (Å²) in [7, 11) is 0. The average Bonchev–Trinajstić information content (AvgIpc) is 2.10. The van der Waals surface area contributed by atoms with Gasteiger partial charge in [0.25, 0.3) is 0 Å². The molecule has 0 spiro atoms. The molecule has 0 amide bonds. The van der Waals surface area contributed by atoms with Crippen LogP contribution in [0.4, 0.5) is 0 Å². The Hall–Kier alpha value is -0.660. The lowest BCUT2D eigenvalue weighted by Gasteiger charge is -1.99. The molecular weight excluding hydrogens is 176 g/mol. The van der Waals surface area contributed by atoms with E-state index in [1.54, 1.807) is 0 Å². The lowest BCUT2D eigenvalue weighted by atomic mass is 10.1. The summed E-state index contributed by atoms with van der Waals surface area (Å²) in [5.74, 6) is 0.0916. The van der Waals surface area contributed by atoms with Crippen molar-refractivity contribution in [2.24, 2.45) is 0 Å². The molecule has 0 radical (unpaired) electrons. The Morgan fingerprint density at radius 2 is 1.50 bits per heavy atom. The fourth-order valence-electron chi connectivity index (χ4n) is 1.47. The van der Waals surface area contributed by atoms with Crippen LogP contribution in [-0.4, -0.2) is 11.6 Å². The van der Waals surface area contributed by atoms with Crippen LogP contribution in [0.2, 0.25) is 0 Å². The minimum Gasteiger partial charge on any atom is -0.300 e. The normalized spacial score (nSPS) is 10.1. The summed E-state index contributed by atoms with van der Waals surface area (Å²) in [4.78, 5) is 21.7. The molecule has 0 N–H and O–H groups in total. The van der Waals surface area contributed by atoms with Gasteiger partial charge in [-0.1, -0.05) is 39.0 Å². The van der Waals surface area contributed by atoms with E-state index in [0.29, 0.717) is 6.42 Å². The number of Topliss-reactive ketones (excluding diaryl/α,β-unsaturated/α-hetero) is 2. The first-order chi connectivity index (χ1) is 6.66. The van der Waals surface area contributed by atoms with E-state index in [2.05, 4.69) is 6.92 Å². The summed E-state index contributed by atoms with van der Waals surface area (Å²) in [6, 6.07) is 0. The number of carbonyl (C=O) groups excluding carboxylic acids is 2. The van der Waals surface area contributed by atoms with Crippen LogP contribution in [0.15, 0.2) is 0 Å². The van der Waals surface area contributed by atoms with Gasteiger partial charge < -0.3 is 0 Å². The van der Waals surface area contributed by atoms with Crippen LogP contribution in [-0.2, 0) is 9.59 Å². The van der Waals surface area contributed by atoms with Crippen molar-refractivity contribution in [2.45, 2.75) is 65.2 Å². The van der Waals surface area contributed by atoms with Crippen LogP contribution in [0, 0.1) is 0 Å². The molecule has 2 heteroatoms. The summed E-state index contributed by atoms with van der Waals surface area (Å²) in [5, 5.41) is 0. The molecule has 0 bridgehead atoms. The molecule has 0 aliphatic rings. The molecule has 0 saturated carbocycles. The van der Waals surface area contributed by atoms with Crippen LogP contribution in [0.5, 0.6) is 0 Å². The Balaban J connectivity index is 3.19. The van der Waals surface area contributed by atoms with Gasteiger partial charge in [0.1, 0.15) is 11.6 Å². The van der Waals surface area contributed by atoms with Crippen molar-refractivity contribution in [3.8, 4) is 0 Å². The molecule has 0 atom stereocenters. The second-order valence-electron chi connectivity index (χ2n) is 3.94. The van der Waals surface area contributed by atoms with Gasteiger partial charge in [-0.3, -0.25) is 9.59 Å². The number of hydrogen-bond acceptors (Lipinski definition) is 2. The summed E-state index contributed by atoms with van der Waals surface area (Å²) < 4.78 is 0. The van der Waals surface area contributed by atoms with E-state index >= 15 is 0 Å². The van der Waals surface area contributed by atoms with Gasteiger partial charge in [0.15, 0.2) is 0 Å². The van der Waals surface area contributed by atoms with Crippen LogP contribution < -0.4 is 0 Å². The third-order valence-corrected chi connectivity index (χ3v) is 2.26. The van der Waals surface area contributed by atoms with Crippen molar-refractivity contribution in [1.29, 1.82) is 0 Å². The summed E-state index contributed by atoms with van der Waals surface area (Å²) in [6.07, 6.45) is 7.85. The van der Waals surface area contributed by atoms with Gasteiger partial charge in [0, 0.05) is 6.42 Å². The first-order valence-corrected chi connectivity index (χ1v) is 5.68. The Labute approximate surface area is 87.1 Å². The fraction of sp³-hybridized carbons (Fsp3) is 0.833. The average molecular weight is 198 g/mol. The van der Waals surface area contributed by atoms with E-state index in [-0.39, 0.29) is 18.0 Å². The number of ketones is 2. The molecule has 0 aromatic carbocycles. The van der Waals surface area contributed by atoms with Gasteiger partial charge in [-0.2, -0.15) is 0 Å². The molecule has 0 unspecified atom stereocenters. The Morgan fingerprint density at radius 3 is 2.07 bits per heavy atom. The third kappa shape index (κ3) is 9.43. The summed E-state index contributed by atoms with van der Waals surface area (Å²) in [5.41, 5.74) is 0. The number of rotatable bonds is 9. The lowest BCUT2D eigenvalue weighted by molar-refractivity contribution is -0.125. The molecule has 0 aromatic heterocycles. The molecule has 2 nitrogen and oxygen atoms in total. The van der Waals surface area contributed by atoms with E-state index in [1.165, 1.54) is 32.6 Å². The molecule has 0 aliphatic carbocycles. The highest BCUT2D eigenvalue weighted by atomic mass is 16.1. The molecule has 0 aromatic rings. The maximum Gasteiger partial charge on any atom is 0.140 e. The lowest BCUT2D eigenvalue weighted by Crippen LogP contribution is -2.03. The molecular formula is C12H22O2. The van der Waals surface area contributed by atoms with Crippen molar-refractivity contribution in [2.75, 3.05) is 0 Å². The Kier molecular flexibility index (Phi) is 8.50. The highest BCUT2D eigenvalue weighted by molar-refractivity contribution is 5.97. The maximum absolute atomic E-state index is 11.1. The molecule has 0 saturated heterocycles. The number of unbranched alkanes of at least 4 members (excludes halogenated alkanes) is 5. The molecule has 82 valence electrons. The third-order valence-electron chi connectivity index (χ3n) is 2.26. The number of carbonyl (C=O) groups is 2. The smallest absolute Gasteiger partial charge is 0.140 e. The predicted octanol–water partition coefficient (Wildman–Crippen LogP) is 3.29. The van der Waals surface area contributed by atoms with Gasteiger partial charge >= 0.3 is 0 Å². The molecule has 0 fully saturated rings. The van der Waals surface area contributed by atoms with Gasteiger partial charge in [-0.05, 0) is 13.3 Å². The largest absolute Gasteiger partial charge is 0.300 e. The first-order valence-electron chi connectivity index (χ1n) is 5.68. The monoisotopic (exact) mass is 198 g/mol. The molecule has 14 heavy (non-hydrogen) atoms. The minimum atomic E-state index is -0.0130. The standard InChI is InChI=1S/C12H22O2/c1-3-4-5-6-7-8-9-12(14)10-11(2)13/h3-10H2,1-2H3. The van der Waals surface area contributed by atoms with Gasteiger partial charge in [-0.25, -0.2) is 0 Å². The zero-order chi connectivity index (χ0) is 10.8. The highest BCUT2D eigenvalue weighted by Gasteiger charge is 2.04. The van der Waals surface area contributed by atoms with Crippen LogP contribution in [0.1, 0.15) is 65.2 Å². The van der Waals surface area contributed by atoms with Gasteiger partial charge in [-0.15, -0.1) is 0 Å². The quantitative estimate of drug-likeness (QED) is 0.421. The highest BCUT2D eigenvalue weighted by Crippen LogP contribution is 2.07. The van der Waals surface area contributed by atoms with E-state index < -0.39 is 0 Å². The fourth-order valence-corrected chi connectivity index (χ4v) is 1.47. The van der Waals surface area contributed by atoms with E-state index in [9.17, 15) is 9.59 Å². The van der Waals surface area contributed by atoms with E-state index in [1.807, 2.05) is 0 Å². The van der Waals surface area contributed by atoms with Gasteiger partial charge in [0.05, 0.1) is 6.42 Å². The zero-order valence-electron chi connectivity index (χ0n) is 9.47. The first kappa shape index (κ1) is 13.3. The van der Waals surface area contributed by atoms with E-state index in [0.717, 1.165) is 12.8 Å². The summed E-state index contributed by atoms with van der Waals surface area (Å²) >= 11 is 0. The van der Waals surface area contributed by atoms with Crippen LogP contribution >= 0.6 is 0 Å². The van der Waals surface area contributed by atoms with Crippen molar-refractivity contribution in [1.82, 2.24) is 0 Å². The zero-order valence-corrected chi connectivity index (χ0v) is 9.47. The maximum atomic E-state index is 11.1. The predicted molar refractivity (Wildman–Crippen MR) is 58.3 cm³/mol. The van der Waals surface area contributed by atoms with Gasteiger partial charge in [0.2, 0.25) is 0 Å². The number of hydrogen-bond donors (Lipinski definition) is 0. The Morgan fingerprint density at radius 1 is 0.929 bits per heavy atom. The van der Waals surface area contributed by atoms with Crippen molar-refractivity contribution in [3.63, 3.8) is 0 Å². The van der Waals surface area contributed by atoms with Crippen LogP contribution in [0.25, 0.3) is 0 Å². The second-order valence-corrected chi connectivity index (χ2v) is 3.94. The SMILES string of the molecule is CCCCCCCCC(=O)CC(C)=O. The topological polar surface area (TPSA) is 34.1 Å².